The first-order valence-electron chi connectivity index (χ1n) is 5.74. The predicted molar refractivity (Wildman–Crippen MR) is 57.5 cm³/mol. The first kappa shape index (κ1) is 10.9. The normalized spacial score (nSPS) is 32.7. The van der Waals surface area contributed by atoms with Crippen molar-refractivity contribution in [2.24, 2.45) is 11.8 Å². The molecule has 1 saturated carbocycles. The summed E-state index contributed by atoms with van der Waals surface area (Å²) in [7, 11) is 1.73. The Morgan fingerprint density at radius 2 is 2.13 bits per heavy atom. The van der Waals surface area contributed by atoms with E-state index < -0.39 is 0 Å². The second-order valence-electron chi connectivity index (χ2n) is 4.74. The van der Waals surface area contributed by atoms with E-state index in [2.05, 4.69) is 10.6 Å². The van der Waals surface area contributed by atoms with Crippen LogP contribution in [0.1, 0.15) is 19.8 Å². The van der Waals surface area contributed by atoms with E-state index in [0.29, 0.717) is 18.1 Å². The summed E-state index contributed by atoms with van der Waals surface area (Å²) in [6.07, 6.45) is 2.30. The van der Waals surface area contributed by atoms with Gasteiger partial charge in [-0.05, 0) is 31.8 Å². The lowest BCUT2D eigenvalue weighted by molar-refractivity contribution is -0.129. The van der Waals surface area contributed by atoms with E-state index in [9.17, 15) is 4.79 Å². The zero-order valence-corrected chi connectivity index (χ0v) is 9.45. The van der Waals surface area contributed by atoms with Crippen LogP contribution in [0.2, 0.25) is 0 Å². The number of rotatable bonds is 4. The third-order valence-electron chi connectivity index (χ3n) is 3.71. The minimum atomic E-state index is 0.146. The number of hydrogen-bond donors (Lipinski definition) is 2. The number of carbonyl (C=O) groups is 1. The predicted octanol–water partition coefficient (Wildman–Crippen LogP) is 0.136. The summed E-state index contributed by atoms with van der Waals surface area (Å²) in [6, 6.07) is 0.345. The molecular formula is C11H20N2O2. The molecule has 0 aromatic carbocycles. The highest BCUT2D eigenvalue weighted by Crippen LogP contribution is 2.24. The van der Waals surface area contributed by atoms with E-state index in [1.54, 1.807) is 7.11 Å². The van der Waals surface area contributed by atoms with Crippen LogP contribution in [0.4, 0.5) is 0 Å². The minimum Gasteiger partial charge on any atom is -0.381 e. The van der Waals surface area contributed by atoms with Crippen LogP contribution in [-0.2, 0) is 9.53 Å². The van der Waals surface area contributed by atoms with E-state index >= 15 is 0 Å². The number of ether oxygens (including phenoxy) is 1. The van der Waals surface area contributed by atoms with Gasteiger partial charge in [0.1, 0.15) is 0 Å². The fraction of sp³-hybridized carbons (Fsp3) is 0.909. The van der Waals surface area contributed by atoms with Crippen LogP contribution in [0.5, 0.6) is 0 Å². The SMILES string of the molecule is COC1CC(NC(=O)C(C)C2CNC2)C1. The molecule has 2 rings (SSSR count). The molecule has 2 fully saturated rings. The summed E-state index contributed by atoms with van der Waals surface area (Å²) in [5, 5.41) is 6.28. The van der Waals surface area contributed by atoms with Crippen LogP contribution in [-0.4, -0.2) is 38.3 Å². The molecular weight excluding hydrogens is 192 g/mol. The van der Waals surface area contributed by atoms with Gasteiger partial charge < -0.3 is 15.4 Å². The fourth-order valence-electron chi connectivity index (χ4n) is 2.09. The van der Waals surface area contributed by atoms with Crippen LogP contribution in [0, 0.1) is 11.8 Å². The van der Waals surface area contributed by atoms with E-state index in [-0.39, 0.29) is 11.8 Å². The van der Waals surface area contributed by atoms with Crippen molar-refractivity contribution in [3.05, 3.63) is 0 Å². The summed E-state index contributed by atoms with van der Waals surface area (Å²) in [5.41, 5.74) is 0. The minimum absolute atomic E-state index is 0.146. The molecule has 0 radical (unpaired) electrons. The van der Waals surface area contributed by atoms with Crippen molar-refractivity contribution in [1.82, 2.24) is 10.6 Å². The molecule has 2 aliphatic rings. The monoisotopic (exact) mass is 212 g/mol. The molecule has 1 amide bonds. The Balaban J connectivity index is 1.68. The van der Waals surface area contributed by atoms with Gasteiger partial charge in [-0.25, -0.2) is 0 Å². The molecule has 1 atom stereocenters. The third kappa shape index (κ3) is 2.32. The molecule has 2 N–H and O–H groups in total. The second-order valence-corrected chi connectivity index (χ2v) is 4.74. The van der Waals surface area contributed by atoms with Crippen molar-refractivity contribution in [3.8, 4) is 0 Å². The smallest absolute Gasteiger partial charge is 0.223 e. The lowest BCUT2D eigenvalue weighted by atomic mass is 9.85. The maximum Gasteiger partial charge on any atom is 0.223 e. The Labute approximate surface area is 90.8 Å². The highest BCUT2D eigenvalue weighted by molar-refractivity contribution is 5.79. The topological polar surface area (TPSA) is 50.4 Å². The van der Waals surface area contributed by atoms with E-state index in [4.69, 9.17) is 4.74 Å². The molecule has 86 valence electrons. The van der Waals surface area contributed by atoms with Gasteiger partial charge in [0, 0.05) is 19.1 Å². The Morgan fingerprint density at radius 1 is 1.47 bits per heavy atom. The largest absolute Gasteiger partial charge is 0.381 e. The maximum atomic E-state index is 11.8. The Kier molecular flexibility index (Phi) is 3.26. The van der Waals surface area contributed by atoms with E-state index in [1.807, 2.05) is 6.92 Å². The second kappa shape index (κ2) is 4.49. The Hall–Kier alpha value is -0.610. The standard InChI is InChI=1S/C11H20N2O2/c1-7(8-5-12-6-8)11(14)13-9-3-10(4-9)15-2/h7-10,12H,3-6H2,1-2H3,(H,13,14). The number of carbonyl (C=O) groups excluding carboxylic acids is 1. The van der Waals surface area contributed by atoms with Crippen molar-refractivity contribution in [3.63, 3.8) is 0 Å². The van der Waals surface area contributed by atoms with E-state index in [1.165, 1.54) is 0 Å². The molecule has 1 saturated heterocycles. The summed E-state index contributed by atoms with van der Waals surface area (Å²) in [5.74, 6) is 0.886. The number of amides is 1. The van der Waals surface area contributed by atoms with Crippen LogP contribution < -0.4 is 10.6 Å². The van der Waals surface area contributed by atoms with Gasteiger partial charge in [0.25, 0.3) is 0 Å². The zero-order valence-electron chi connectivity index (χ0n) is 9.45. The number of hydrogen-bond acceptors (Lipinski definition) is 3. The van der Waals surface area contributed by atoms with Crippen LogP contribution in [0.15, 0.2) is 0 Å². The van der Waals surface area contributed by atoms with Gasteiger partial charge in [0.2, 0.25) is 5.91 Å². The van der Waals surface area contributed by atoms with Crippen LogP contribution >= 0.6 is 0 Å². The third-order valence-corrected chi connectivity index (χ3v) is 3.71. The van der Waals surface area contributed by atoms with Crippen LogP contribution in [0.25, 0.3) is 0 Å². The van der Waals surface area contributed by atoms with Gasteiger partial charge >= 0.3 is 0 Å². The summed E-state index contributed by atoms with van der Waals surface area (Å²) in [4.78, 5) is 11.8. The van der Waals surface area contributed by atoms with Gasteiger partial charge in [0.05, 0.1) is 6.10 Å². The molecule has 1 unspecified atom stereocenters. The van der Waals surface area contributed by atoms with Gasteiger partial charge in [0.15, 0.2) is 0 Å². The summed E-state index contributed by atoms with van der Waals surface area (Å²) in [6.45, 7) is 3.99. The lowest BCUT2D eigenvalue weighted by Crippen LogP contribution is -2.53. The molecule has 0 spiro atoms. The van der Waals surface area contributed by atoms with Gasteiger partial charge in [-0.3, -0.25) is 4.79 Å². The highest BCUT2D eigenvalue weighted by Gasteiger charge is 2.34. The van der Waals surface area contributed by atoms with Gasteiger partial charge in [-0.1, -0.05) is 6.92 Å². The Morgan fingerprint density at radius 3 is 2.60 bits per heavy atom. The van der Waals surface area contributed by atoms with Gasteiger partial charge in [-0.2, -0.15) is 0 Å². The average Bonchev–Trinajstić information content (AvgIpc) is 2.06. The molecule has 15 heavy (non-hydrogen) atoms. The molecule has 1 heterocycles. The quantitative estimate of drug-likeness (QED) is 0.696. The zero-order chi connectivity index (χ0) is 10.8. The molecule has 0 aromatic rings. The van der Waals surface area contributed by atoms with Crippen molar-refractivity contribution < 1.29 is 9.53 Å². The van der Waals surface area contributed by atoms with Crippen molar-refractivity contribution >= 4 is 5.91 Å². The Bertz CT molecular complexity index is 235. The van der Waals surface area contributed by atoms with Crippen LogP contribution in [0.3, 0.4) is 0 Å². The summed E-state index contributed by atoms with van der Waals surface area (Å²) < 4.78 is 5.18. The maximum absolute atomic E-state index is 11.8. The van der Waals surface area contributed by atoms with Crippen molar-refractivity contribution in [1.29, 1.82) is 0 Å². The molecule has 4 nitrogen and oxygen atoms in total. The molecule has 0 aromatic heterocycles. The number of nitrogens with one attached hydrogen (secondary N) is 2. The lowest BCUT2D eigenvalue weighted by Gasteiger charge is -2.37. The highest BCUT2D eigenvalue weighted by atomic mass is 16.5. The number of methoxy groups -OCH3 is 1. The fourth-order valence-corrected chi connectivity index (χ4v) is 2.09. The first-order valence-corrected chi connectivity index (χ1v) is 5.74. The first-order chi connectivity index (χ1) is 7.20. The molecule has 4 heteroatoms. The molecule has 0 bridgehead atoms. The van der Waals surface area contributed by atoms with Crippen molar-refractivity contribution in [2.75, 3.05) is 20.2 Å². The molecule has 1 aliphatic carbocycles. The van der Waals surface area contributed by atoms with Gasteiger partial charge in [-0.15, -0.1) is 0 Å². The van der Waals surface area contributed by atoms with E-state index in [0.717, 1.165) is 25.9 Å². The summed E-state index contributed by atoms with van der Waals surface area (Å²) >= 11 is 0. The van der Waals surface area contributed by atoms with Crippen molar-refractivity contribution in [2.45, 2.75) is 31.9 Å². The average molecular weight is 212 g/mol. The molecule has 1 aliphatic heterocycles.